The minimum atomic E-state index is -4.41. The van der Waals surface area contributed by atoms with Crippen LogP contribution in [0.4, 0.5) is 22.0 Å². The Kier molecular flexibility index (Phi) is 11.3. The van der Waals surface area contributed by atoms with E-state index in [-0.39, 0.29) is 42.8 Å². The van der Waals surface area contributed by atoms with Crippen LogP contribution >= 0.6 is 0 Å². The third-order valence-corrected chi connectivity index (χ3v) is 8.89. The number of alkyl halides is 3. The first kappa shape index (κ1) is 35.5. The van der Waals surface area contributed by atoms with Gasteiger partial charge in [0.1, 0.15) is 6.54 Å². The molecule has 0 aliphatic rings. The third kappa shape index (κ3) is 8.61. The maximum atomic E-state index is 14.5. The van der Waals surface area contributed by atoms with Crippen LogP contribution in [0.25, 0.3) is 22.0 Å². The van der Waals surface area contributed by atoms with Crippen molar-refractivity contribution in [2.45, 2.75) is 46.0 Å². The van der Waals surface area contributed by atoms with E-state index in [4.69, 9.17) is 0 Å². The zero-order chi connectivity index (χ0) is 35.1. The third-order valence-electron chi connectivity index (χ3n) is 8.89. The smallest absolute Gasteiger partial charge is 0.336 e. The van der Waals surface area contributed by atoms with Crippen LogP contribution in [0.15, 0.2) is 102 Å². The van der Waals surface area contributed by atoms with Crippen molar-refractivity contribution < 1.29 is 26.7 Å². The number of amides is 1. The number of pyridine rings is 1. The summed E-state index contributed by atoms with van der Waals surface area (Å²) in [6.07, 6.45) is -4.07. The van der Waals surface area contributed by atoms with Crippen molar-refractivity contribution in [1.82, 2.24) is 14.4 Å². The molecule has 0 bridgehead atoms. The number of hydrogen-bond donors (Lipinski definition) is 0. The number of carbonyl (C=O) groups is 1. The number of nitrogens with zero attached hydrogens (tertiary/aromatic N) is 3. The Morgan fingerprint density at radius 1 is 0.776 bits per heavy atom. The van der Waals surface area contributed by atoms with E-state index in [9.17, 15) is 31.5 Å². The number of aromatic nitrogens is 1. The summed E-state index contributed by atoms with van der Waals surface area (Å²) >= 11 is 0. The molecule has 0 N–H and O–H groups in total. The second kappa shape index (κ2) is 15.6. The maximum Gasteiger partial charge on any atom is 0.416 e. The number of likely N-dealkylation sites (N-methyl/N-ethyl adjacent to an activating group) is 1. The lowest BCUT2D eigenvalue weighted by Crippen LogP contribution is -2.40. The van der Waals surface area contributed by atoms with Gasteiger partial charge < -0.3 is 14.4 Å². The van der Waals surface area contributed by atoms with E-state index in [1.807, 2.05) is 24.3 Å². The normalized spacial score (nSPS) is 11.8. The molecule has 5 aromatic rings. The van der Waals surface area contributed by atoms with Gasteiger partial charge in [-0.15, -0.1) is 0 Å². The van der Waals surface area contributed by atoms with Crippen LogP contribution in [0.2, 0.25) is 0 Å². The van der Waals surface area contributed by atoms with Crippen molar-refractivity contribution >= 4 is 16.8 Å². The lowest BCUT2D eigenvalue weighted by molar-refractivity contribution is -0.137. The van der Waals surface area contributed by atoms with Crippen molar-refractivity contribution in [3.05, 3.63) is 141 Å². The van der Waals surface area contributed by atoms with Crippen molar-refractivity contribution in [2.24, 2.45) is 0 Å². The highest BCUT2D eigenvalue weighted by Crippen LogP contribution is 2.31. The van der Waals surface area contributed by atoms with Crippen LogP contribution in [0.5, 0.6) is 0 Å². The second-order valence-electron chi connectivity index (χ2n) is 11.9. The van der Waals surface area contributed by atoms with E-state index >= 15 is 0 Å². The molecule has 1 amide bonds. The molecule has 0 aliphatic carbocycles. The van der Waals surface area contributed by atoms with Crippen LogP contribution in [0.1, 0.15) is 36.2 Å². The first-order valence-electron chi connectivity index (χ1n) is 16.3. The molecule has 0 spiro atoms. The predicted octanol–water partition coefficient (Wildman–Crippen LogP) is 8.12. The number of halogens is 5. The minimum Gasteiger partial charge on any atom is -0.336 e. The monoisotopic (exact) mass is 675 g/mol. The summed E-state index contributed by atoms with van der Waals surface area (Å²) in [5.74, 6) is -2.06. The zero-order valence-electron chi connectivity index (χ0n) is 27.4. The van der Waals surface area contributed by atoms with E-state index in [0.29, 0.717) is 35.2 Å². The summed E-state index contributed by atoms with van der Waals surface area (Å²) in [4.78, 5) is 31.2. The molecular formula is C39H38F5N3O2. The van der Waals surface area contributed by atoms with Gasteiger partial charge in [0, 0.05) is 36.8 Å². The number of para-hydroxylation sites is 1. The first-order valence-corrected chi connectivity index (χ1v) is 16.3. The van der Waals surface area contributed by atoms with Crippen molar-refractivity contribution in [1.29, 1.82) is 0 Å². The highest BCUT2D eigenvalue weighted by molar-refractivity contribution is 5.83. The van der Waals surface area contributed by atoms with Gasteiger partial charge in [-0.1, -0.05) is 74.5 Å². The van der Waals surface area contributed by atoms with Gasteiger partial charge in [-0.05, 0) is 78.5 Å². The molecule has 0 aliphatic heterocycles. The van der Waals surface area contributed by atoms with E-state index in [1.165, 1.54) is 30.3 Å². The summed E-state index contributed by atoms with van der Waals surface area (Å²) in [7, 11) is 0. The van der Waals surface area contributed by atoms with Crippen molar-refractivity contribution in [3.8, 4) is 11.1 Å². The number of benzene rings is 4. The maximum absolute atomic E-state index is 14.5. The van der Waals surface area contributed by atoms with Gasteiger partial charge in [0.2, 0.25) is 5.91 Å². The largest absolute Gasteiger partial charge is 0.416 e. The molecular weight excluding hydrogens is 637 g/mol. The molecule has 1 heterocycles. The summed E-state index contributed by atoms with van der Waals surface area (Å²) in [5, 5.41) is 0.449. The van der Waals surface area contributed by atoms with Gasteiger partial charge in [-0.3, -0.25) is 9.59 Å². The molecule has 1 aromatic heterocycles. The minimum absolute atomic E-state index is 0.0797. The summed E-state index contributed by atoms with van der Waals surface area (Å²) in [5.41, 5.74) is 2.58. The van der Waals surface area contributed by atoms with Gasteiger partial charge in [-0.25, -0.2) is 8.78 Å². The van der Waals surface area contributed by atoms with Crippen molar-refractivity contribution in [2.75, 3.05) is 26.2 Å². The van der Waals surface area contributed by atoms with Crippen LogP contribution in [-0.2, 0) is 36.9 Å². The Morgan fingerprint density at radius 2 is 1.43 bits per heavy atom. The quantitative estimate of drug-likeness (QED) is 0.119. The highest BCUT2D eigenvalue weighted by Gasteiger charge is 2.30. The second-order valence-corrected chi connectivity index (χ2v) is 11.9. The van der Waals surface area contributed by atoms with Crippen LogP contribution in [-0.4, -0.2) is 46.5 Å². The molecule has 256 valence electrons. The van der Waals surface area contributed by atoms with E-state index in [2.05, 4.69) is 18.7 Å². The van der Waals surface area contributed by atoms with Gasteiger partial charge >= 0.3 is 6.18 Å². The predicted molar refractivity (Wildman–Crippen MR) is 182 cm³/mol. The average Bonchev–Trinajstić information content (AvgIpc) is 3.10. The molecule has 5 rings (SSSR count). The van der Waals surface area contributed by atoms with Gasteiger partial charge in [0.15, 0.2) is 17.1 Å². The van der Waals surface area contributed by atoms with E-state index < -0.39 is 23.4 Å². The SMILES string of the molecule is CCN(CC)CCN(Cc1ccc(-c2ccc(C(F)(F)F)cc2)cc1)C(=O)Cn1c(CCc2cccc(F)c2F)cc(=O)c2ccccc21. The lowest BCUT2D eigenvalue weighted by atomic mass is 10.0. The number of carbonyl (C=O) groups excluding carboxylic acids is 1. The Hall–Kier alpha value is -4.83. The van der Waals surface area contributed by atoms with Crippen LogP contribution < -0.4 is 5.43 Å². The molecule has 0 atom stereocenters. The summed E-state index contributed by atoms with van der Waals surface area (Å²) in [6, 6.07) is 24.8. The molecule has 5 nitrogen and oxygen atoms in total. The summed E-state index contributed by atoms with van der Waals surface area (Å²) in [6.45, 7) is 7.00. The highest BCUT2D eigenvalue weighted by atomic mass is 19.4. The number of rotatable bonds is 13. The Morgan fingerprint density at radius 3 is 2.08 bits per heavy atom. The average molecular weight is 676 g/mol. The molecule has 10 heteroatoms. The molecule has 0 saturated carbocycles. The fourth-order valence-corrected chi connectivity index (χ4v) is 5.98. The number of fused-ring (bicyclic) bond motifs is 1. The Labute approximate surface area is 282 Å². The van der Waals surface area contributed by atoms with E-state index in [1.54, 1.807) is 33.7 Å². The summed E-state index contributed by atoms with van der Waals surface area (Å²) < 4.78 is 69.3. The molecule has 0 unspecified atom stereocenters. The van der Waals surface area contributed by atoms with Gasteiger partial charge in [0.25, 0.3) is 0 Å². The standard InChI is InChI=1S/C39H38F5N3O2/c1-3-45(4-2)22-23-46(25-27-12-14-28(15-13-27)29-16-19-31(20-17-29)39(42,43)44)37(49)26-47-32(21-18-30-8-7-10-34(40)38(30)41)24-36(48)33-9-5-6-11-35(33)47/h5-17,19-20,24H,3-4,18,21-23,25-26H2,1-2H3. The fraction of sp³-hybridized carbons (Fsp3) is 0.282. The van der Waals surface area contributed by atoms with Crippen LogP contribution in [0, 0.1) is 11.6 Å². The van der Waals surface area contributed by atoms with E-state index in [0.717, 1.165) is 42.4 Å². The van der Waals surface area contributed by atoms with Crippen LogP contribution in [0.3, 0.4) is 0 Å². The fourth-order valence-electron chi connectivity index (χ4n) is 5.98. The molecule has 0 saturated heterocycles. The van der Waals surface area contributed by atoms with Gasteiger partial charge in [0.05, 0.1) is 11.1 Å². The topological polar surface area (TPSA) is 45.5 Å². The Balaban J connectivity index is 1.42. The Bertz CT molecular complexity index is 1950. The molecule has 0 radical (unpaired) electrons. The lowest BCUT2D eigenvalue weighted by Gasteiger charge is -2.28. The first-order chi connectivity index (χ1) is 23.5. The molecule has 4 aromatic carbocycles. The zero-order valence-corrected chi connectivity index (χ0v) is 27.4. The number of aryl methyl sites for hydroxylation is 2. The molecule has 49 heavy (non-hydrogen) atoms. The number of hydrogen-bond acceptors (Lipinski definition) is 3. The van der Waals surface area contributed by atoms with Gasteiger partial charge in [-0.2, -0.15) is 13.2 Å². The molecule has 0 fully saturated rings. The van der Waals surface area contributed by atoms with Crippen molar-refractivity contribution in [3.63, 3.8) is 0 Å².